The second-order valence-electron chi connectivity index (χ2n) is 10.2. The Morgan fingerprint density at radius 2 is 1.57 bits per heavy atom. The molecule has 0 spiro atoms. The van der Waals surface area contributed by atoms with E-state index in [1.54, 1.807) is 27.7 Å². The number of aliphatic carboxylic acids is 1. The molecule has 1 aliphatic carbocycles. The minimum atomic E-state index is -1.21. The van der Waals surface area contributed by atoms with Gasteiger partial charge in [0.1, 0.15) is 6.61 Å². The maximum Gasteiger partial charge on any atom is 0.407 e. The van der Waals surface area contributed by atoms with Gasteiger partial charge in [0.25, 0.3) is 5.91 Å². The number of nitrogens with one attached hydrogen (secondary N) is 2. The van der Waals surface area contributed by atoms with Crippen molar-refractivity contribution in [3.8, 4) is 11.1 Å². The summed E-state index contributed by atoms with van der Waals surface area (Å²) in [5, 5.41) is 15.1. The van der Waals surface area contributed by atoms with E-state index in [1.165, 1.54) is 0 Å². The zero-order chi connectivity index (χ0) is 25.4. The van der Waals surface area contributed by atoms with Gasteiger partial charge in [-0.1, -0.05) is 48.5 Å². The van der Waals surface area contributed by atoms with E-state index in [0.29, 0.717) is 13.0 Å². The van der Waals surface area contributed by atoms with E-state index in [1.807, 2.05) is 36.4 Å². The molecule has 8 heteroatoms. The van der Waals surface area contributed by atoms with E-state index in [-0.39, 0.29) is 12.5 Å². The van der Waals surface area contributed by atoms with Crippen LogP contribution in [0.2, 0.25) is 0 Å². The Hall–Kier alpha value is -3.39. The summed E-state index contributed by atoms with van der Waals surface area (Å²) >= 11 is 0. The summed E-state index contributed by atoms with van der Waals surface area (Å²) in [6, 6.07) is 15.6. The standard InChI is InChI=1S/C27H32N2O6/c1-26(2,24(31)32)27(3,4)29-23(30)22-21(13-14-34-22)28-25(33)35-15-20-18-11-7-5-9-16(18)17-10-6-8-12-19(17)20/h5-12,20-22H,13-15H2,1-4H3,(H,28,33)(H,29,30)(H,31,32)/t21-,22+/m1/s1. The second-order valence-corrected chi connectivity index (χ2v) is 10.2. The molecular weight excluding hydrogens is 448 g/mol. The van der Waals surface area contributed by atoms with Crippen molar-refractivity contribution in [2.24, 2.45) is 5.41 Å². The summed E-state index contributed by atoms with van der Waals surface area (Å²) in [5.74, 6) is -1.56. The SMILES string of the molecule is CC(C)(NC(=O)[C@H]1OCC[C@H]1NC(=O)OCC1c2ccccc2-c2ccccc21)C(C)(C)C(=O)O. The molecule has 2 aromatic carbocycles. The van der Waals surface area contributed by atoms with E-state index in [4.69, 9.17) is 9.47 Å². The van der Waals surface area contributed by atoms with Crippen molar-refractivity contribution >= 4 is 18.0 Å². The van der Waals surface area contributed by atoms with Gasteiger partial charge in [-0.05, 0) is 56.4 Å². The first-order valence-electron chi connectivity index (χ1n) is 11.8. The summed E-state index contributed by atoms with van der Waals surface area (Å²) < 4.78 is 11.2. The summed E-state index contributed by atoms with van der Waals surface area (Å²) in [7, 11) is 0. The monoisotopic (exact) mass is 480 g/mol. The van der Waals surface area contributed by atoms with Gasteiger partial charge in [0.05, 0.1) is 17.0 Å². The molecule has 0 bridgehead atoms. The van der Waals surface area contributed by atoms with E-state index in [2.05, 4.69) is 22.8 Å². The summed E-state index contributed by atoms with van der Waals surface area (Å²) in [4.78, 5) is 37.3. The minimum Gasteiger partial charge on any atom is -0.481 e. The lowest BCUT2D eigenvalue weighted by atomic mass is 9.74. The summed E-state index contributed by atoms with van der Waals surface area (Å²) in [5.41, 5.74) is 2.26. The smallest absolute Gasteiger partial charge is 0.407 e. The molecular formula is C27H32N2O6. The average Bonchev–Trinajstić information content (AvgIpc) is 3.39. The van der Waals surface area contributed by atoms with Crippen LogP contribution in [0.3, 0.4) is 0 Å². The van der Waals surface area contributed by atoms with Gasteiger partial charge in [0.2, 0.25) is 0 Å². The van der Waals surface area contributed by atoms with Crippen molar-refractivity contribution in [2.75, 3.05) is 13.2 Å². The molecule has 8 nitrogen and oxygen atoms in total. The average molecular weight is 481 g/mol. The predicted molar refractivity (Wildman–Crippen MR) is 130 cm³/mol. The summed E-state index contributed by atoms with van der Waals surface area (Å²) in [6.45, 7) is 6.89. The van der Waals surface area contributed by atoms with Gasteiger partial charge < -0.3 is 25.2 Å². The van der Waals surface area contributed by atoms with Gasteiger partial charge in [-0.2, -0.15) is 0 Å². The predicted octanol–water partition coefficient (Wildman–Crippen LogP) is 3.69. The Kier molecular flexibility index (Phi) is 6.60. The third kappa shape index (κ3) is 4.62. The van der Waals surface area contributed by atoms with Crippen LogP contribution in [0.25, 0.3) is 11.1 Å². The molecule has 186 valence electrons. The molecule has 2 amide bonds. The number of carboxylic acid groups (broad SMARTS) is 1. The van der Waals surface area contributed by atoms with E-state index >= 15 is 0 Å². The van der Waals surface area contributed by atoms with Crippen molar-refractivity contribution in [3.05, 3.63) is 59.7 Å². The number of hydrogen-bond donors (Lipinski definition) is 3. The number of amides is 2. The van der Waals surface area contributed by atoms with E-state index in [0.717, 1.165) is 22.3 Å². The lowest BCUT2D eigenvalue weighted by Gasteiger charge is -2.39. The Morgan fingerprint density at radius 3 is 2.14 bits per heavy atom. The lowest BCUT2D eigenvalue weighted by Crippen LogP contribution is -2.60. The number of fused-ring (bicyclic) bond motifs is 3. The van der Waals surface area contributed by atoms with Gasteiger partial charge in [0.15, 0.2) is 6.10 Å². The molecule has 1 aliphatic heterocycles. The first-order valence-corrected chi connectivity index (χ1v) is 11.8. The fourth-order valence-corrected chi connectivity index (χ4v) is 4.59. The normalized spacial score (nSPS) is 19.5. The summed E-state index contributed by atoms with van der Waals surface area (Å²) in [6.07, 6.45) is -1.10. The van der Waals surface area contributed by atoms with E-state index < -0.39 is 41.1 Å². The minimum absolute atomic E-state index is 0.0638. The zero-order valence-corrected chi connectivity index (χ0v) is 20.5. The maximum atomic E-state index is 12.9. The van der Waals surface area contributed by atoms with Gasteiger partial charge in [0, 0.05) is 12.5 Å². The van der Waals surface area contributed by atoms with Gasteiger partial charge in [-0.3, -0.25) is 9.59 Å². The Bertz CT molecular complexity index is 1100. The van der Waals surface area contributed by atoms with Crippen molar-refractivity contribution in [3.63, 3.8) is 0 Å². The van der Waals surface area contributed by atoms with Gasteiger partial charge in [-0.15, -0.1) is 0 Å². The van der Waals surface area contributed by atoms with Gasteiger partial charge in [-0.25, -0.2) is 4.79 Å². The number of hydrogen-bond acceptors (Lipinski definition) is 5. The van der Waals surface area contributed by atoms with Crippen LogP contribution in [0.1, 0.15) is 51.2 Å². The Balaban J connectivity index is 1.38. The second kappa shape index (κ2) is 9.34. The van der Waals surface area contributed by atoms with Crippen molar-refractivity contribution in [1.82, 2.24) is 10.6 Å². The number of carbonyl (C=O) groups is 3. The third-order valence-electron chi connectivity index (χ3n) is 7.53. The molecule has 2 aromatic rings. The number of benzene rings is 2. The first kappa shape index (κ1) is 24.7. The van der Waals surface area contributed by atoms with Crippen LogP contribution in [0.15, 0.2) is 48.5 Å². The Labute approximate surface area is 205 Å². The molecule has 0 saturated carbocycles. The topological polar surface area (TPSA) is 114 Å². The quantitative estimate of drug-likeness (QED) is 0.557. The van der Waals surface area contributed by atoms with Gasteiger partial charge >= 0.3 is 12.1 Å². The van der Waals surface area contributed by atoms with Crippen LogP contribution in [-0.4, -0.2) is 54.0 Å². The molecule has 0 aromatic heterocycles. The number of ether oxygens (including phenoxy) is 2. The van der Waals surface area contributed by atoms with Crippen LogP contribution < -0.4 is 10.6 Å². The Morgan fingerprint density at radius 1 is 1.00 bits per heavy atom. The molecule has 35 heavy (non-hydrogen) atoms. The fraction of sp³-hybridized carbons (Fsp3) is 0.444. The molecule has 4 rings (SSSR count). The van der Waals surface area contributed by atoms with Crippen molar-refractivity contribution in [1.29, 1.82) is 0 Å². The largest absolute Gasteiger partial charge is 0.481 e. The highest BCUT2D eigenvalue weighted by molar-refractivity contribution is 5.85. The van der Waals surface area contributed by atoms with Crippen LogP contribution in [0.5, 0.6) is 0 Å². The number of rotatable bonds is 7. The van der Waals surface area contributed by atoms with E-state index in [9.17, 15) is 19.5 Å². The molecule has 1 saturated heterocycles. The first-order chi connectivity index (χ1) is 16.5. The highest BCUT2D eigenvalue weighted by Crippen LogP contribution is 2.44. The van der Waals surface area contributed by atoms with Crippen LogP contribution in [-0.2, 0) is 19.1 Å². The molecule has 1 fully saturated rings. The van der Waals surface area contributed by atoms with Crippen molar-refractivity contribution in [2.45, 2.75) is 57.7 Å². The molecule has 2 atom stereocenters. The van der Waals surface area contributed by atoms with Crippen LogP contribution in [0.4, 0.5) is 4.79 Å². The molecule has 1 heterocycles. The fourth-order valence-electron chi connectivity index (χ4n) is 4.59. The molecule has 2 aliphatic rings. The van der Waals surface area contributed by atoms with Crippen LogP contribution in [0, 0.1) is 5.41 Å². The maximum absolute atomic E-state index is 12.9. The molecule has 0 radical (unpaired) electrons. The number of carboxylic acids is 1. The third-order valence-corrected chi connectivity index (χ3v) is 7.53. The molecule has 0 unspecified atom stereocenters. The number of alkyl carbamates (subject to hydrolysis) is 1. The van der Waals surface area contributed by atoms with Crippen LogP contribution >= 0.6 is 0 Å². The zero-order valence-electron chi connectivity index (χ0n) is 20.5. The van der Waals surface area contributed by atoms with Crippen molar-refractivity contribution < 1.29 is 29.0 Å². The highest BCUT2D eigenvalue weighted by Gasteiger charge is 2.47. The number of carbonyl (C=O) groups excluding carboxylic acids is 2. The lowest BCUT2D eigenvalue weighted by molar-refractivity contribution is -0.152. The molecule has 3 N–H and O–H groups in total. The highest BCUT2D eigenvalue weighted by atomic mass is 16.6.